The number of hydrogen-bond donors (Lipinski definition) is 0. The molecule has 0 aliphatic carbocycles. The summed E-state index contributed by atoms with van der Waals surface area (Å²) in [5.74, 6) is 0.558. The first-order chi connectivity index (χ1) is 10.8. The van der Waals surface area contributed by atoms with Crippen molar-refractivity contribution in [2.75, 3.05) is 32.9 Å². The largest absolute Gasteiger partial charge is 0.372 e. The van der Waals surface area contributed by atoms with Gasteiger partial charge in [0.2, 0.25) is 0 Å². The molecule has 0 saturated carbocycles. The van der Waals surface area contributed by atoms with Crippen LogP contribution in [0.5, 0.6) is 0 Å². The first kappa shape index (κ1) is 16.3. The molecule has 2 aliphatic rings. The van der Waals surface area contributed by atoms with Gasteiger partial charge in [-0.2, -0.15) is 0 Å². The Labute approximate surface area is 136 Å². The topological polar surface area (TPSA) is 43.8 Å². The van der Waals surface area contributed by atoms with Crippen LogP contribution >= 0.6 is 11.3 Å². The fraction of sp³-hybridized carbons (Fsp3) is 0.812. The maximum atomic E-state index is 5.63. The average molecular weight is 326 g/mol. The normalized spacial score (nSPS) is 23.2. The van der Waals surface area contributed by atoms with Crippen molar-refractivity contribution >= 4 is 11.3 Å². The molecule has 2 saturated heterocycles. The molecular formula is C16H26N2O3S. The summed E-state index contributed by atoms with van der Waals surface area (Å²) in [7, 11) is 0. The van der Waals surface area contributed by atoms with Gasteiger partial charge in [0.25, 0.3) is 0 Å². The number of aromatic nitrogens is 1. The Morgan fingerprint density at radius 1 is 1.36 bits per heavy atom. The quantitative estimate of drug-likeness (QED) is 0.804. The molecule has 0 bridgehead atoms. The van der Waals surface area contributed by atoms with Gasteiger partial charge >= 0.3 is 0 Å². The molecule has 2 aliphatic heterocycles. The van der Waals surface area contributed by atoms with Gasteiger partial charge in [0.1, 0.15) is 11.1 Å². The van der Waals surface area contributed by atoms with Crippen molar-refractivity contribution in [1.29, 1.82) is 0 Å². The van der Waals surface area contributed by atoms with Gasteiger partial charge in [-0.15, -0.1) is 11.3 Å². The third-order valence-corrected chi connectivity index (χ3v) is 5.44. The van der Waals surface area contributed by atoms with E-state index in [4.69, 9.17) is 19.2 Å². The smallest absolute Gasteiger partial charge is 0.160 e. The fourth-order valence-corrected chi connectivity index (χ4v) is 3.98. The summed E-state index contributed by atoms with van der Waals surface area (Å²) >= 11 is 1.70. The lowest BCUT2D eigenvalue weighted by Gasteiger charge is -2.33. The molecule has 0 spiro atoms. The molecule has 3 heterocycles. The standard InChI is InChI=1S/C16H26N2O3S/c1-3-19-12(2)15-17-14(11-22-15)10-18-6-4-13(5-7-18)16-20-8-9-21-16/h11-13,16H,3-10H2,1-2H3/t12-/m0/s1. The van der Waals surface area contributed by atoms with Crippen LogP contribution in [0.3, 0.4) is 0 Å². The molecular weight excluding hydrogens is 300 g/mol. The summed E-state index contributed by atoms with van der Waals surface area (Å²) in [6.07, 6.45) is 2.44. The summed E-state index contributed by atoms with van der Waals surface area (Å²) in [4.78, 5) is 7.20. The number of piperidine rings is 1. The van der Waals surface area contributed by atoms with Gasteiger partial charge in [-0.05, 0) is 39.8 Å². The van der Waals surface area contributed by atoms with Gasteiger partial charge in [0.05, 0.1) is 18.9 Å². The zero-order valence-electron chi connectivity index (χ0n) is 13.5. The molecule has 124 valence electrons. The molecule has 0 aromatic carbocycles. The molecule has 1 aromatic rings. The zero-order valence-corrected chi connectivity index (χ0v) is 14.3. The highest BCUT2D eigenvalue weighted by Crippen LogP contribution is 2.27. The second kappa shape index (κ2) is 7.84. The third-order valence-electron chi connectivity index (χ3n) is 4.38. The average Bonchev–Trinajstić information content (AvgIpc) is 3.19. The van der Waals surface area contributed by atoms with Gasteiger partial charge in [-0.25, -0.2) is 4.98 Å². The summed E-state index contributed by atoms with van der Waals surface area (Å²) < 4.78 is 16.9. The Bertz CT molecular complexity index is 454. The second-order valence-electron chi connectivity index (χ2n) is 6.00. The molecule has 5 nitrogen and oxygen atoms in total. The maximum Gasteiger partial charge on any atom is 0.160 e. The van der Waals surface area contributed by atoms with Crippen LogP contribution in [0.4, 0.5) is 0 Å². The van der Waals surface area contributed by atoms with E-state index in [2.05, 4.69) is 17.2 Å². The van der Waals surface area contributed by atoms with E-state index in [1.165, 1.54) is 5.69 Å². The molecule has 0 unspecified atom stereocenters. The first-order valence-electron chi connectivity index (χ1n) is 8.27. The van der Waals surface area contributed by atoms with E-state index in [0.717, 1.165) is 57.3 Å². The number of nitrogens with zero attached hydrogens (tertiary/aromatic N) is 2. The number of likely N-dealkylation sites (tertiary alicyclic amines) is 1. The summed E-state index contributed by atoms with van der Waals surface area (Å²) in [6, 6.07) is 0. The first-order valence-corrected chi connectivity index (χ1v) is 9.15. The predicted octanol–water partition coefficient (Wildman–Crippen LogP) is 2.83. The Kier molecular flexibility index (Phi) is 5.82. The fourth-order valence-electron chi connectivity index (χ4n) is 3.16. The van der Waals surface area contributed by atoms with Gasteiger partial charge in [0.15, 0.2) is 6.29 Å². The maximum absolute atomic E-state index is 5.63. The van der Waals surface area contributed by atoms with Gasteiger partial charge in [-0.1, -0.05) is 0 Å². The van der Waals surface area contributed by atoms with E-state index in [-0.39, 0.29) is 12.4 Å². The number of ether oxygens (including phenoxy) is 3. The molecule has 3 rings (SSSR count). The minimum atomic E-state index is 0.0417. The Balaban J connectivity index is 1.46. The molecule has 0 N–H and O–H groups in total. The zero-order chi connectivity index (χ0) is 15.4. The predicted molar refractivity (Wildman–Crippen MR) is 85.8 cm³/mol. The highest BCUT2D eigenvalue weighted by molar-refractivity contribution is 7.09. The van der Waals surface area contributed by atoms with E-state index < -0.39 is 0 Å². The summed E-state index contributed by atoms with van der Waals surface area (Å²) in [6.45, 7) is 9.47. The molecule has 1 atom stereocenters. The highest BCUT2D eigenvalue weighted by Gasteiger charge is 2.30. The van der Waals surface area contributed by atoms with Crippen LogP contribution in [0.1, 0.15) is 43.5 Å². The van der Waals surface area contributed by atoms with E-state index in [0.29, 0.717) is 5.92 Å². The number of rotatable bonds is 6. The van der Waals surface area contributed by atoms with Crippen molar-refractivity contribution in [3.8, 4) is 0 Å². The Morgan fingerprint density at radius 2 is 2.09 bits per heavy atom. The summed E-state index contributed by atoms with van der Waals surface area (Å²) in [5, 5.41) is 3.25. The highest BCUT2D eigenvalue weighted by atomic mass is 32.1. The van der Waals surface area contributed by atoms with Crippen molar-refractivity contribution < 1.29 is 14.2 Å². The van der Waals surface area contributed by atoms with Crippen molar-refractivity contribution in [3.63, 3.8) is 0 Å². The van der Waals surface area contributed by atoms with E-state index in [1.54, 1.807) is 11.3 Å². The second-order valence-corrected chi connectivity index (χ2v) is 6.89. The Morgan fingerprint density at radius 3 is 2.77 bits per heavy atom. The molecule has 2 fully saturated rings. The van der Waals surface area contributed by atoms with E-state index in [1.807, 2.05) is 6.92 Å². The summed E-state index contributed by atoms with van der Waals surface area (Å²) in [5.41, 5.74) is 1.17. The minimum Gasteiger partial charge on any atom is -0.372 e. The van der Waals surface area contributed by atoms with Crippen LogP contribution in [0.25, 0.3) is 0 Å². The van der Waals surface area contributed by atoms with Crippen LogP contribution in [0.2, 0.25) is 0 Å². The lowest BCUT2D eigenvalue weighted by Crippen LogP contribution is -2.37. The van der Waals surface area contributed by atoms with Gasteiger partial charge in [0, 0.05) is 24.4 Å². The van der Waals surface area contributed by atoms with E-state index in [9.17, 15) is 0 Å². The lowest BCUT2D eigenvalue weighted by atomic mass is 9.96. The number of thiazole rings is 1. The van der Waals surface area contributed by atoms with Crippen LogP contribution in [-0.4, -0.2) is 49.1 Å². The number of hydrogen-bond acceptors (Lipinski definition) is 6. The minimum absolute atomic E-state index is 0.0417. The molecule has 22 heavy (non-hydrogen) atoms. The van der Waals surface area contributed by atoms with Crippen LogP contribution in [0, 0.1) is 5.92 Å². The van der Waals surface area contributed by atoms with Crippen molar-refractivity contribution in [1.82, 2.24) is 9.88 Å². The molecule has 6 heteroatoms. The van der Waals surface area contributed by atoms with Crippen LogP contribution in [-0.2, 0) is 20.8 Å². The molecule has 0 amide bonds. The monoisotopic (exact) mass is 326 g/mol. The SMILES string of the molecule is CCO[C@@H](C)c1nc(CN2CCC(C3OCCO3)CC2)cs1. The van der Waals surface area contributed by atoms with Crippen LogP contribution in [0.15, 0.2) is 5.38 Å². The van der Waals surface area contributed by atoms with Crippen LogP contribution < -0.4 is 0 Å². The third kappa shape index (κ3) is 4.06. The molecule has 1 aromatic heterocycles. The molecule has 0 radical (unpaired) electrons. The van der Waals surface area contributed by atoms with Crippen molar-refractivity contribution in [3.05, 3.63) is 16.1 Å². The van der Waals surface area contributed by atoms with Crippen molar-refractivity contribution in [2.24, 2.45) is 5.92 Å². The van der Waals surface area contributed by atoms with E-state index >= 15 is 0 Å². The Hall–Kier alpha value is -0.530. The lowest BCUT2D eigenvalue weighted by molar-refractivity contribution is -0.0978. The van der Waals surface area contributed by atoms with Crippen molar-refractivity contribution in [2.45, 2.75) is 45.6 Å². The van der Waals surface area contributed by atoms with Gasteiger partial charge < -0.3 is 14.2 Å². The van der Waals surface area contributed by atoms with Gasteiger partial charge in [-0.3, -0.25) is 4.90 Å².